The van der Waals surface area contributed by atoms with Gasteiger partial charge < -0.3 is 10.1 Å². The lowest BCUT2D eigenvalue weighted by Crippen LogP contribution is -2.41. The smallest absolute Gasteiger partial charge is 0.145 e. The number of nitrogens with one attached hydrogen (secondary N) is 1. The van der Waals surface area contributed by atoms with Crippen molar-refractivity contribution in [3.8, 4) is 5.75 Å². The Labute approximate surface area is 185 Å². The second-order valence-electron chi connectivity index (χ2n) is 11.0. The molecule has 0 bridgehead atoms. The van der Waals surface area contributed by atoms with Gasteiger partial charge in [-0.15, -0.1) is 0 Å². The Morgan fingerprint density at radius 1 is 1.19 bits per heavy atom. The summed E-state index contributed by atoms with van der Waals surface area (Å²) in [4.78, 5) is 5.10. The normalized spacial score (nSPS) is 18.9. The summed E-state index contributed by atoms with van der Waals surface area (Å²) in [5.74, 6) is 0.951. The van der Waals surface area contributed by atoms with Crippen LogP contribution in [0.1, 0.15) is 74.3 Å². The molecular formula is C27H35N3O. The number of rotatable bonds is 2. The molecule has 3 heterocycles. The predicted octanol–water partition coefficient (Wildman–Crippen LogP) is 5.36. The molecule has 1 N–H and O–H groups in total. The average molecular weight is 418 g/mol. The molecule has 1 aromatic carbocycles. The van der Waals surface area contributed by atoms with Gasteiger partial charge in [0.2, 0.25) is 0 Å². The van der Waals surface area contributed by atoms with E-state index in [0.29, 0.717) is 5.71 Å². The maximum absolute atomic E-state index is 8.55. The molecule has 0 aliphatic carbocycles. The molecule has 0 spiro atoms. The van der Waals surface area contributed by atoms with Gasteiger partial charge in [0.1, 0.15) is 17.0 Å². The van der Waals surface area contributed by atoms with Gasteiger partial charge in [0.15, 0.2) is 0 Å². The first-order chi connectivity index (χ1) is 14.3. The van der Waals surface area contributed by atoms with Gasteiger partial charge in [-0.25, -0.2) is 4.98 Å². The zero-order chi connectivity index (χ0) is 22.9. The third-order valence-corrected chi connectivity index (χ3v) is 7.31. The molecule has 0 saturated heterocycles. The largest absolute Gasteiger partial charge is 0.487 e. The van der Waals surface area contributed by atoms with Crippen LogP contribution >= 0.6 is 0 Å². The van der Waals surface area contributed by atoms with Crippen molar-refractivity contribution in [2.24, 2.45) is 5.41 Å². The van der Waals surface area contributed by atoms with E-state index in [1.165, 1.54) is 11.1 Å². The summed E-state index contributed by atoms with van der Waals surface area (Å²) in [6, 6.07) is 6.47. The van der Waals surface area contributed by atoms with Crippen molar-refractivity contribution >= 4 is 34.0 Å². The molecule has 2 aromatic heterocycles. The van der Waals surface area contributed by atoms with Crippen molar-refractivity contribution in [1.82, 2.24) is 9.38 Å². The zero-order valence-electron chi connectivity index (χ0n) is 20.4. The molecule has 0 atom stereocenters. The Balaban J connectivity index is 2.08. The second kappa shape index (κ2) is 6.69. The van der Waals surface area contributed by atoms with Crippen LogP contribution in [0.15, 0.2) is 24.4 Å². The fraction of sp³-hybridized carbons (Fsp3) is 0.481. The van der Waals surface area contributed by atoms with Gasteiger partial charge >= 0.3 is 0 Å². The van der Waals surface area contributed by atoms with Crippen LogP contribution in [0.5, 0.6) is 5.75 Å². The maximum atomic E-state index is 8.55. The lowest BCUT2D eigenvalue weighted by Gasteiger charge is -2.33. The molecule has 0 unspecified atom stereocenters. The molecule has 4 nitrogen and oxygen atoms in total. The molecule has 0 amide bonds. The number of aromatic nitrogens is 2. The standard InChI is InChI=1S/C27H35N3O/c1-10-16(2)23-17(13-22(28)25(3,4)5)11-12-30-20-15-21-18(14-19(20)29-24(23)30)26(6,7)27(8,9)31-21/h11-15,28H,10H2,1-9H3/b17-13-,23-16+,28-22?. The highest BCUT2D eigenvalue weighted by Gasteiger charge is 2.48. The third-order valence-electron chi connectivity index (χ3n) is 7.31. The van der Waals surface area contributed by atoms with Crippen molar-refractivity contribution in [1.29, 1.82) is 5.41 Å². The first-order valence-corrected chi connectivity index (χ1v) is 11.2. The molecule has 0 saturated carbocycles. The highest BCUT2D eigenvalue weighted by Crippen LogP contribution is 2.49. The fourth-order valence-electron chi connectivity index (χ4n) is 4.22. The van der Waals surface area contributed by atoms with Crippen LogP contribution in [0.4, 0.5) is 0 Å². The number of hydrogen-bond acceptors (Lipinski definition) is 3. The lowest BCUT2D eigenvalue weighted by molar-refractivity contribution is 0.0713. The van der Waals surface area contributed by atoms with E-state index in [2.05, 4.69) is 91.1 Å². The minimum atomic E-state index is -0.262. The first kappa shape index (κ1) is 21.6. The molecule has 1 aliphatic heterocycles. The number of nitrogens with zero attached hydrogens (tertiary/aromatic N) is 2. The Morgan fingerprint density at radius 2 is 1.87 bits per heavy atom. The van der Waals surface area contributed by atoms with E-state index < -0.39 is 0 Å². The molecule has 0 fully saturated rings. The van der Waals surface area contributed by atoms with Gasteiger partial charge in [-0.3, -0.25) is 4.40 Å². The molecule has 0 radical (unpaired) electrons. The number of benzene rings is 1. The third kappa shape index (κ3) is 3.19. The van der Waals surface area contributed by atoms with E-state index in [1.807, 2.05) is 6.08 Å². The highest BCUT2D eigenvalue weighted by molar-refractivity contribution is 6.11. The minimum absolute atomic E-state index is 0.0959. The van der Waals surface area contributed by atoms with Gasteiger partial charge in [-0.2, -0.15) is 0 Å². The van der Waals surface area contributed by atoms with Crippen molar-refractivity contribution in [2.45, 2.75) is 79.8 Å². The van der Waals surface area contributed by atoms with Gasteiger partial charge in [0.25, 0.3) is 0 Å². The summed E-state index contributed by atoms with van der Waals surface area (Å²) in [6.45, 7) is 19.4. The van der Waals surface area contributed by atoms with E-state index in [1.54, 1.807) is 0 Å². The van der Waals surface area contributed by atoms with E-state index in [4.69, 9.17) is 15.1 Å². The van der Waals surface area contributed by atoms with E-state index >= 15 is 0 Å². The van der Waals surface area contributed by atoms with Gasteiger partial charge in [-0.1, -0.05) is 47.1 Å². The number of pyridine rings is 1. The van der Waals surface area contributed by atoms with E-state index in [-0.39, 0.29) is 16.4 Å². The van der Waals surface area contributed by atoms with Crippen molar-refractivity contribution < 1.29 is 4.74 Å². The van der Waals surface area contributed by atoms with Crippen LogP contribution in [0, 0.1) is 10.8 Å². The van der Waals surface area contributed by atoms with Crippen molar-refractivity contribution in [2.75, 3.05) is 0 Å². The maximum Gasteiger partial charge on any atom is 0.145 e. The summed E-state index contributed by atoms with van der Waals surface area (Å²) < 4.78 is 8.54. The topological polar surface area (TPSA) is 50.4 Å². The minimum Gasteiger partial charge on any atom is -0.487 e. The molecular weight excluding hydrogens is 382 g/mol. The Bertz CT molecular complexity index is 1350. The molecule has 4 heteroatoms. The average Bonchev–Trinajstić information content (AvgIpc) is 3.10. The summed E-state index contributed by atoms with van der Waals surface area (Å²) >= 11 is 0. The van der Waals surface area contributed by atoms with Crippen LogP contribution in [0.3, 0.4) is 0 Å². The number of imidazole rings is 1. The summed E-state index contributed by atoms with van der Waals surface area (Å²) in [7, 11) is 0. The SMILES string of the molecule is CC/C(C)=c1\c(=C/C(=N)C(C)(C)C)ccn2c1nc1cc3c(cc12)OC(C)(C)C3(C)C. The lowest BCUT2D eigenvalue weighted by atomic mass is 9.74. The van der Waals surface area contributed by atoms with Gasteiger partial charge in [0, 0.05) is 39.6 Å². The predicted molar refractivity (Wildman–Crippen MR) is 131 cm³/mol. The Morgan fingerprint density at radius 3 is 2.48 bits per heavy atom. The summed E-state index contributed by atoms with van der Waals surface area (Å²) in [5.41, 5.74) is 5.56. The second-order valence-corrected chi connectivity index (χ2v) is 11.0. The quantitative estimate of drug-likeness (QED) is 0.571. The first-order valence-electron chi connectivity index (χ1n) is 11.2. The van der Waals surface area contributed by atoms with Gasteiger partial charge in [0.05, 0.1) is 11.0 Å². The monoisotopic (exact) mass is 417 g/mol. The zero-order valence-corrected chi connectivity index (χ0v) is 20.4. The number of ether oxygens (including phenoxy) is 1. The Hall–Kier alpha value is -2.62. The van der Waals surface area contributed by atoms with Crippen LogP contribution in [0.25, 0.3) is 28.3 Å². The number of fused-ring (bicyclic) bond motifs is 4. The van der Waals surface area contributed by atoms with Crippen LogP contribution < -0.4 is 15.2 Å². The fourth-order valence-corrected chi connectivity index (χ4v) is 4.22. The molecule has 3 aromatic rings. The summed E-state index contributed by atoms with van der Waals surface area (Å²) in [5, 5.41) is 10.7. The highest BCUT2D eigenvalue weighted by atomic mass is 16.5. The van der Waals surface area contributed by atoms with Crippen molar-refractivity contribution in [3.05, 3.63) is 40.4 Å². The van der Waals surface area contributed by atoms with E-state index in [0.717, 1.165) is 39.3 Å². The molecule has 1 aliphatic rings. The van der Waals surface area contributed by atoms with Crippen LogP contribution in [0.2, 0.25) is 0 Å². The molecule has 4 rings (SSSR count). The van der Waals surface area contributed by atoms with Crippen molar-refractivity contribution in [3.63, 3.8) is 0 Å². The summed E-state index contributed by atoms with van der Waals surface area (Å²) in [6.07, 6.45) is 5.02. The number of hydrogen-bond donors (Lipinski definition) is 1. The molecule has 164 valence electrons. The van der Waals surface area contributed by atoms with Crippen LogP contribution in [-0.4, -0.2) is 20.7 Å². The molecule has 31 heavy (non-hydrogen) atoms. The Kier molecular flexibility index (Phi) is 4.66. The van der Waals surface area contributed by atoms with Gasteiger partial charge in [-0.05, 0) is 50.6 Å². The van der Waals surface area contributed by atoms with Crippen LogP contribution in [-0.2, 0) is 5.41 Å². The van der Waals surface area contributed by atoms with E-state index in [9.17, 15) is 0 Å².